The van der Waals surface area contributed by atoms with E-state index in [1.807, 2.05) is 59.6 Å². The molecule has 0 spiro atoms. The molecule has 0 aromatic heterocycles. The molecule has 1 heterocycles. The molecule has 2 aromatic rings. The highest BCUT2D eigenvalue weighted by Gasteiger charge is 2.44. The second-order valence-corrected chi connectivity index (χ2v) is 10.7. The van der Waals surface area contributed by atoms with E-state index in [0.717, 1.165) is 11.1 Å². The summed E-state index contributed by atoms with van der Waals surface area (Å²) in [5.74, 6) is -0.0586. The van der Waals surface area contributed by atoms with Crippen molar-refractivity contribution in [1.29, 1.82) is 0 Å². The van der Waals surface area contributed by atoms with Crippen molar-refractivity contribution in [2.45, 2.75) is 26.9 Å². The van der Waals surface area contributed by atoms with Crippen LogP contribution < -0.4 is 0 Å². The molecule has 0 saturated carbocycles. The lowest BCUT2D eigenvalue weighted by Gasteiger charge is -2.31. The fourth-order valence-corrected chi connectivity index (χ4v) is 6.76. The number of benzene rings is 2. The number of ketones is 1. The number of nitrogens with zero attached hydrogens (tertiary/aromatic N) is 2. The second kappa shape index (κ2) is 9.67. The number of carbonyl (C=O) groups is 1. The monoisotopic (exact) mass is 410 g/mol. The largest absolute Gasteiger partial charge is 0.299 e. The lowest BCUT2D eigenvalue weighted by Crippen LogP contribution is -2.28. The van der Waals surface area contributed by atoms with Gasteiger partial charge in [-0.3, -0.25) is 9.36 Å². The Labute approximate surface area is 174 Å². The van der Waals surface area contributed by atoms with E-state index in [-0.39, 0.29) is 23.8 Å². The highest BCUT2D eigenvalue weighted by Crippen LogP contribution is 2.58. The minimum absolute atomic E-state index is 0.0544. The molecular weight excluding hydrogens is 379 g/mol. The molecule has 0 radical (unpaired) electrons. The van der Waals surface area contributed by atoms with Crippen molar-refractivity contribution >= 4 is 13.2 Å². The molecule has 4 nitrogen and oxygen atoms in total. The van der Waals surface area contributed by atoms with Crippen molar-refractivity contribution in [3.05, 3.63) is 84.4 Å². The Kier molecular flexibility index (Phi) is 7.23. The van der Waals surface area contributed by atoms with Gasteiger partial charge in [0.2, 0.25) is 7.44 Å². The fraction of sp³-hybridized carbons (Fsp3) is 0.375. The minimum Gasteiger partial charge on any atom is -0.299 e. The zero-order chi connectivity index (χ0) is 20.9. The molecule has 1 aliphatic rings. The molecule has 1 fully saturated rings. The normalized spacial score (nSPS) is 19.0. The van der Waals surface area contributed by atoms with Crippen molar-refractivity contribution in [2.24, 2.45) is 11.8 Å². The zero-order valence-corrected chi connectivity index (χ0v) is 18.3. The first-order chi connectivity index (χ1) is 13.9. The second-order valence-electron chi connectivity index (χ2n) is 7.92. The van der Waals surface area contributed by atoms with Crippen molar-refractivity contribution < 1.29 is 9.36 Å². The average molecular weight is 410 g/mol. The molecule has 5 heteroatoms. The third-order valence-corrected chi connectivity index (χ3v) is 9.12. The van der Waals surface area contributed by atoms with Crippen LogP contribution in [-0.2, 0) is 22.4 Å². The Hall–Kier alpha value is -2.00. The van der Waals surface area contributed by atoms with Crippen LogP contribution in [0.1, 0.15) is 25.0 Å². The first-order valence-corrected chi connectivity index (χ1v) is 12.1. The molecule has 3 rings (SSSR count). The Morgan fingerprint density at radius 1 is 0.966 bits per heavy atom. The highest BCUT2D eigenvalue weighted by molar-refractivity contribution is 7.60. The molecule has 0 unspecified atom stereocenters. The molecular formula is C24H31N2O2P. The third kappa shape index (κ3) is 5.14. The van der Waals surface area contributed by atoms with Crippen LogP contribution in [0.2, 0.25) is 0 Å². The Bertz CT molecular complexity index is 815. The van der Waals surface area contributed by atoms with Crippen LogP contribution in [0.15, 0.2) is 73.3 Å². The van der Waals surface area contributed by atoms with E-state index in [4.69, 9.17) is 0 Å². The Morgan fingerprint density at radius 3 is 1.83 bits per heavy atom. The molecule has 0 N–H and O–H groups in total. The Balaban J connectivity index is 1.85. The molecule has 29 heavy (non-hydrogen) atoms. The van der Waals surface area contributed by atoms with E-state index < -0.39 is 7.44 Å². The number of allylic oxidation sites excluding steroid dienone is 1. The van der Waals surface area contributed by atoms with Crippen LogP contribution in [0.4, 0.5) is 0 Å². The maximum atomic E-state index is 14.3. The smallest absolute Gasteiger partial charge is 0.224 e. The SMILES string of the molecule is C=C[C@H](C)[C@@H](C)C(=O)CP1(=O)N(Cc2ccccc2)CCN1Cc1ccccc1. The topological polar surface area (TPSA) is 40.6 Å². The van der Waals surface area contributed by atoms with Gasteiger partial charge in [-0.05, 0) is 17.0 Å². The molecule has 154 valence electrons. The summed E-state index contributed by atoms with van der Waals surface area (Å²) in [6.07, 6.45) is 1.89. The first-order valence-electron chi connectivity index (χ1n) is 10.3. The van der Waals surface area contributed by atoms with Gasteiger partial charge in [-0.2, -0.15) is 0 Å². The number of Topliss-reactive ketones (excluding diaryl/α,β-unsaturated/α-hetero) is 1. The van der Waals surface area contributed by atoms with Crippen LogP contribution in [-0.4, -0.2) is 34.4 Å². The molecule has 2 aromatic carbocycles. The van der Waals surface area contributed by atoms with Gasteiger partial charge in [0.15, 0.2) is 0 Å². The predicted octanol–water partition coefficient (Wildman–Crippen LogP) is 5.22. The maximum absolute atomic E-state index is 14.3. The van der Waals surface area contributed by atoms with Crippen LogP contribution in [0.3, 0.4) is 0 Å². The molecule has 0 amide bonds. The quantitative estimate of drug-likeness (QED) is 0.420. The van der Waals surface area contributed by atoms with Crippen molar-refractivity contribution in [3.8, 4) is 0 Å². The van der Waals surface area contributed by atoms with Crippen molar-refractivity contribution in [3.63, 3.8) is 0 Å². The summed E-state index contributed by atoms with van der Waals surface area (Å²) in [6.45, 7) is 10.3. The van der Waals surface area contributed by atoms with Gasteiger partial charge in [0, 0.05) is 32.1 Å². The first kappa shape index (κ1) is 21.7. The van der Waals surface area contributed by atoms with Crippen molar-refractivity contribution in [2.75, 3.05) is 19.3 Å². The molecule has 1 aliphatic heterocycles. The Morgan fingerprint density at radius 2 is 1.41 bits per heavy atom. The molecule has 0 bridgehead atoms. The van der Waals surface area contributed by atoms with Gasteiger partial charge in [0.1, 0.15) is 5.78 Å². The average Bonchev–Trinajstić information content (AvgIpc) is 3.03. The standard InChI is InChI=1S/C24H31N2O2P/c1-4-20(2)21(3)24(27)19-29(28)25(17-22-11-7-5-8-12-22)15-16-26(29)18-23-13-9-6-10-14-23/h4-14,20-21H,1,15-19H2,2-3H3/t20-,21+/m0/s1. The van der Waals surface area contributed by atoms with Gasteiger partial charge in [-0.25, -0.2) is 9.34 Å². The van der Waals surface area contributed by atoms with Crippen LogP contribution in [0, 0.1) is 11.8 Å². The summed E-state index contributed by atoms with van der Waals surface area (Å²) in [7, 11) is -3.00. The van der Waals surface area contributed by atoms with Gasteiger partial charge in [-0.1, -0.05) is 80.6 Å². The van der Waals surface area contributed by atoms with Gasteiger partial charge in [0.25, 0.3) is 0 Å². The summed E-state index contributed by atoms with van der Waals surface area (Å²) in [4.78, 5) is 13.0. The lowest BCUT2D eigenvalue weighted by atomic mass is 9.93. The molecule has 0 aliphatic carbocycles. The maximum Gasteiger partial charge on any atom is 0.224 e. The summed E-state index contributed by atoms with van der Waals surface area (Å²) in [5.41, 5.74) is 2.24. The van der Waals surface area contributed by atoms with E-state index in [9.17, 15) is 9.36 Å². The van der Waals surface area contributed by atoms with Crippen LogP contribution in [0.5, 0.6) is 0 Å². The molecule has 1 saturated heterocycles. The summed E-state index contributed by atoms with van der Waals surface area (Å²) in [6, 6.07) is 20.2. The van der Waals surface area contributed by atoms with Gasteiger partial charge < -0.3 is 0 Å². The lowest BCUT2D eigenvalue weighted by molar-refractivity contribution is -0.120. The van der Waals surface area contributed by atoms with E-state index in [0.29, 0.717) is 26.2 Å². The summed E-state index contributed by atoms with van der Waals surface area (Å²) >= 11 is 0. The number of rotatable bonds is 9. The van der Waals surface area contributed by atoms with Gasteiger partial charge in [-0.15, -0.1) is 6.58 Å². The summed E-state index contributed by atoms with van der Waals surface area (Å²) in [5, 5.41) is 0. The zero-order valence-electron chi connectivity index (χ0n) is 17.4. The summed E-state index contributed by atoms with van der Waals surface area (Å²) < 4.78 is 18.4. The van der Waals surface area contributed by atoms with Gasteiger partial charge in [0.05, 0.1) is 6.16 Å². The van der Waals surface area contributed by atoms with E-state index in [1.54, 1.807) is 6.08 Å². The van der Waals surface area contributed by atoms with Crippen LogP contribution >= 0.6 is 7.44 Å². The van der Waals surface area contributed by atoms with E-state index in [1.165, 1.54) is 0 Å². The fourth-order valence-electron chi connectivity index (χ4n) is 3.73. The van der Waals surface area contributed by atoms with E-state index >= 15 is 0 Å². The van der Waals surface area contributed by atoms with Crippen LogP contribution in [0.25, 0.3) is 0 Å². The van der Waals surface area contributed by atoms with Gasteiger partial charge >= 0.3 is 0 Å². The number of hydrogen-bond donors (Lipinski definition) is 0. The third-order valence-electron chi connectivity index (χ3n) is 5.95. The van der Waals surface area contributed by atoms with E-state index in [2.05, 4.69) is 30.8 Å². The predicted molar refractivity (Wildman–Crippen MR) is 120 cm³/mol. The van der Waals surface area contributed by atoms with Crippen molar-refractivity contribution in [1.82, 2.24) is 9.34 Å². The molecule has 2 atom stereocenters. The minimum atomic E-state index is -3.00. The highest BCUT2D eigenvalue weighted by atomic mass is 31.2. The number of carbonyl (C=O) groups excluding carboxylic acids is 1. The number of hydrogen-bond acceptors (Lipinski definition) is 2.